The number of hydrogen-bond donors (Lipinski definition) is 3. The fourth-order valence-corrected chi connectivity index (χ4v) is 7.08. The van der Waals surface area contributed by atoms with Crippen LogP contribution in [0.5, 0.6) is 11.5 Å². The molecule has 0 spiro atoms. The Kier molecular flexibility index (Phi) is 11.4. The Balaban J connectivity index is 1.22. The monoisotopic (exact) mass is 744 g/mol. The van der Waals surface area contributed by atoms with Gasteiger partial charge in [0.2, 0.25) is 0 Å². The number of aliphatic hydroxyl groups excluding tert-OH is 1. The average molecular weight is 745 g/mol. The minimum absolute atomic E-state index is 0.0612. The van der Waals surface area contributed by atoms with Crippen LogP contribution >= 0.6 is 0 Å². The van der Waals surface area contributed by atoms with Crippen molar-refractivity contribution in [3.8, 4) is 22.6 Å². The standard InChI is InChI=1S/C41H43F3N4O6/c1-24-26(11-12-27-16-37(53-3)28(15-34(27)41(42,43)44)19-48-21-30(22-48)40(51)52)7-5-8-32(24)33-9-6-10-35(25(33)2)46-39(50)36-17-38(54-4)29(18-45-36)20-47-14-13-31(49)23-47/h5-12,15-18,30-31,49H,13-14,19-23H2,1-4H3,(H,46,50)(H,51,52)/b12-11+/t31-/m1/s1. The Hall–Kier alpha value is -5.24. The number of rotatable bonds is 12. The number of pyridine rings is 1. The summed E-state index contributed by atoms with van der Waals surface area (Å²) >= 11 is 0. The molecule has 284 valence electrons. The Labute approximate surface area is 311 Å². The van der Waals surface area contributed by atoms with Gasteiger partial charge in [-0.3, -0.25) is 24.4 Å². The van der Waals surface area contributed by atoms with E-state index in [2.05, 4.69) is 15.2 Å². The maximum atomic E-state index is 14.4. The van der Waals surface area contributed by atoms with Crippen LogP contribution in [0.25, 0.3) is 23.3 Å². The summed E-state index contributed by atoms with van der Waals surface area (Å²) in [5.74, 6) is -1.05. The Morgan fingerprint density at radius 1 is 0.889 bits per heavy atom. The van der Waals surface area contributed by atoms with Crippen molar-refractivity contribution in [3.63, 3.8) is 0 Å². The van der Waals surface area contributed by atoms with Gasteiger partial charge in [0, 0.05) is 68.3 Å². The van der Waals surface area contributed by atoms with E-state index in [1.807, 2.05) is 44.2 Å². The number of ether oxygens (including phenoxy) is 2. The smallest absolute Gasteiger partial charge is 0.417 e. The number of aromatic nitrogens is 1. The number of aliphatic hydroxyl groups is 1. The number of alkyl halides is 3. The molecule has 1 aromatic heterocycles. The lowest BCUT2D eigenvalue weighted by Crippen LogP contribution is -2.49. The molecule has 1 atom stereocenters. The van der Waals surface area contributed by atoms with Gasteiger partial charge in [0.1, 0.15) is 17.2 Å². The topological polar surface area (TPSA) is 124 Å². The summed E-state index contributed by atoms with van der Waals surface area (Å²) in [5, 5.41) is 22.0. The second kappa shape index (κ2) is 16.0. The summed E-state index contributed by atoms with van der Waals surface area (Å²) in [5.41, 5.74) is 5.05. The second-order valence-electron chi connectivity index (χ2n) is 13.8. The lowest BCUT2D eigenvalue weighted by molar-refractivity contribution is -0.147. The van der Waals surface area contributed by atoms with Crippen LogP contribution in [0.4, 0.5) is 18.9 Å². The number of benzene rings is 3. The zero-order chi connectivity index (χ0) is 38.7. The molecule has 2 fully saturated rings. The van der Waals surface area contributed by atoms with Gasteiger partial charge in [0.15, 0.2) is 0 Å². The van der Waals surface area contributed by atoms with Gasteiger partial charge >= 0.3 is 12.1 Å². The number of likely N-dealkylation sites (tertiary alicyclic amines) is 2. The number of carbonyl (C=O) groups excluding carboxylic acids is 1. The first-order chi connectivity index (χ1) is 25.7. The van der Waals surface area contributed by atoms with Crippen molar-refractivity contribution in [1.82, 2.24) is 14.8 Å². The molecule has 2 aliphatic rings. The second-order valence-corrected chi connectivity index (χ2v) is 13.8. The molecule has 0 radical (unpaired) electrons. The third-order valence-corrected chi connectivity index (χ3v) is 10.2. The van der Waals surface area contributed by atoms with Gasteiger partial charge in [-0.2, -0.15) is 13.2 Å². The van der Waals surface area contributed by atoms with E-state index < -0.39 is 29.5 Å². The molecule has 0 saturated carbocycles. The molecule has 13 heteroatoms. The van der Waals surface area contributed by atoms with Crippen LogP contribution in [-0.2, 0) is 24.1 Å². The molecule has 3 aromatic carbocycles. The van der Waals surface area contributed by atoms with E-state index in [9.17, 15) is 33.0 Å². The Bertz CT molecular complexity index is 2080. The van der Waals surface area contributed by atoms with E-state index in [1.165, 1.54) is 26.4 Å². The lowest BCUT2D eigenvalue weighted by atomic mass is 9.92. The highest BCUT2D eigenvalue weighted by Gasteiger charge is 2.36. The minimum atomic E-state index is -4.64. The van der Waals surface area contributed by atoms with E-state index in [0.717, 1.165) is 40.4 Å². The van der Waals surface area contributed by atoms with Crippen molar-refractivity contribution < 1.29 is 42.4 Å². The number of nitrogens with zero attached hydrogens (tertiary/aromatic N) is 3. The van der Waals surface area contributed by atoms with Crippen LogP contribution < -0.4 is 14.8 Å². The molecule has 2 saturated heterocycles. The van der Waals surface area contributed by atoms with Crippen LogP contribution in [0.2, 0.25) is 0 Å². The maximum Gasteiger partial charge on any atom is 0.417 e. The fraction of sp³-hybridized carbons (Fsp3) is 0.341. The van der Waals surface area contributed by atoms with Crippen molar-refractivity contribution in [2.24, 2.45) is 5.92 Å². The fourth-order valence-electron chi connectivity index (χ4n) is 7.08. The van der Waals surface area contributed by atoms with E-state index in [4.69, 9.17) is 9.47 Å². The number of methoxy groups -OCH3 is 2. The van der Waals surface area contributed by atoms with Gasteiger partial charge in [-0.05, 0) is 71.8 Å². The van der Waals surface area contributed by atoms with Gasteiger partial charge < -0.3 is 25.0 Å². The third kappa shape index (κ3) is 8.43. The number of β-amino-alcohol motifs (C(OH)–C–C–N with tert-alkyl or cyclic N) is 1. The number of carbonyl (C=O) groups is 2. The van der Waals surface area contributed by atoms with Crippen molar-refractivity contribution >= 4 is 29.7 Å². The number of carboxylic acids is 1. The molecule has 2 aliphatic heterocycles. The molecule has 4 aromatic rings. The molecule has 6 rings (SSSR count). The highest BCUT2D eigenvalue weighted by atomic mass is 19.4. The van der Waals surface area contributed by atoms with E-state index in [1.54, 1.807) is 29.3 Å². The molecule has 3 heterocycles. The normalized spacial score (nSPS) is 16.8. The van der Waals surface area contributed by atoms with Gasteiger partial charge in [-0.1, -0.05) is 42.5 Å². The van der Waals surface area contributed by atoms with Crippen LogP contribution in [0.1, 0.15) is 55.9 Å². The summed E-state index contributed by atoms with van der Waals surface area (Å²) in [7, 11) is 2.94. The van der Waals surface area contributed by atoms with E-state index >= 15 is 0 Å². The predicted octanol–water partition coefficient (Wildman–Crippen LogP) is 6.91. The Morgan fingerprint density at radius 3 is 2.19 bits per heavy atom. The van der Waals surface area contributed by atoms with Gasteiger partial charge in [-0.15, -0.1) is 0 Å². The van der Waals surface area contributed by atoms with Gasteiger partial charge in [0.05, 0.1) is 31.8 Å². The largest absolute Gasteiger partial charge is 0.496 e. The van der Waals surface area contributed by atoms with Crippen LogP contribution in [0.15, 0.2) is 60.8 Å². The number of anilines is 1. The van der Waals surface area contributed by atoms with Gasteiger partial charge in [0.25, 0.3) is 5.91 Å². The van der Waals surface area contributed by atoms with Crippen LogP contribution in [0.3, 0.4) is 0 Å². The Morgan fingerprint density at radius 2 is 1.54 bits per heavy atom. The minimum Gasteiger partial charge on any atom is -0.496 e. The number of amides is 1. The first kappa shape index (κ1) is 38.5. The number of hydrogen-bond acceptors (Lipinski definition) is 8. The predicted molar refractivity (Wildman–Crippen MR) is 199 cm³/mol. The van der Waals surface area contributed by atoms with Crippen molar-refractivity contribution in [2.45, 2.75) is 45.6 Å². The van der Waals surface area contributed by atoms with E-state index in [0.29, 0.717) is 42.1 Å². The molecule has 54 heavy (non-hydrogen) atoms. The molecular weight excluding hydrogens is 701 g/mol. The zero-order valence-corrected chi connectivity index (χ0v) is 30.5. The molecule has 1 amide bonds. The molecular formula is C41H43F3N4O6. The lowest BCUT2D eigenvalue weighted by Gasteiger charge is -2.37. The van der Waals surface area contributed by atoms with Crippen molar-refractivity contribution in [3.05, 3.63) is 105 Å². The number of nitrogens with one attached hydrogen (secondary N) is 1. The van der Waals surface area contributed by atoms with Crippen LogP contribution in [0, 0.1) is 19.8 Å². The number of halogens is 3. The van der Waals surface area contributed by atoms with Crippen molar-refractivity contribution in [2.75, 3.05) is 45.7 Å². The molecule has 0 unspecified atom stereocenters. The molecule has 3 N–H and O–H groups in total. The highest BCUT2D eigenvalue weighted by molar-refractivity contribution is 6.04. The SMILES string of the molecule is COc1cc(/C=C/c2cccc(-c3cccc(NC(=O)c4cc(OC)c(CN5CC[C@@H](O)C5)cn4)c3C)c2C)c(C(F)(F)F)cc1CN1CC(C(=O)O)C1. The van der Waals surface area contributed by atoms with E-state index in [-0.39, 0.29) is 42.7 Å². The summed E-state index contributed by atoms with van der Waals surface area (Å²) in [4.78, 5) is 32.9. The average Bonchev–Trinajstić information content (AvgIpc) is 3.53. The molecule has 0 aliphatic carbocycles. The highest BCUT2D eigenvalue weighted by Crippen LogP contribution is 2.39. The third-order valence-electron chi connectivity index (χ3n) is 10.2. The first-order valence-corrected chi connectivity index (χ1v) is 17.6. The molecule has 0 bridgehead atoms. The first-order valence-electron chi connectivity index (χ1n) is 17.6. The van der Waals surface area contributed by atoms with Gasteiger partial charge in [-0.25, -0.2) is 0 Å². The summed E-state index contributed by atoms with van der Waals surface area (Å²) in [6, 6.07) is 15.2. The zero-order valence-electron chi connectivity index (χ0n) is 30.5. The summed E-state index contributed by atoms with van der Waals surface area (Å²) in [6.45, 7) is 6.33. The number of carboxylic acid groups (broad SMARTS) is 1. The quantitative estimate of drug-likeness (QED) is 0.133. The number of aliphatic carboxylic acids is 1. The molecule has 10 nitrogen and oxygen atoms in total. The summed E-state index contributed by atoms with van der Waals surface area (Å²) < 4.78 is 54.1. The van der Waals surface area contributed by atoms with Crippen LogP contribution in [-0.4, -0.2) is 83.4 Å². The summed E-state index contributed by atoms with van der Waals surface area (Å²) in [6.07, 6.45) is 0.412. The van der Waals surface area contributed by atoms with Crippen molar-refractivity contribution in [1.29, 1.82) is 0 Å². The maximum absolute atomic E-state index is 14.4.